The van der Waals surface area contributed by atoms with Crippen molar-refractivity contribution in [2.75, 3.05) is 17.8 Å². The summed E-state index contributed by atoms with van der Waals surface area (Å²) in [6.45, 7) is 5.68. The number of benzene rings is 2. The topological polar surface area (TPSA) is 153 Å². The number of aryl methyl sites for hydroxylation is 2. The van der Waals surface area contributed by atoms with Gasteiger partial charge in [-0.15, -0.1) is 0 Å². The largest absolute Gasteiger partial charge is 0.489 e. The van der Waals surface area contributed by atoms with Crippen molar-refractivity contribution < 1.29 is 18.3 Å². The van der Waals surface area contributed by atoms with Gasteiger partial charge in [0.05, 0.1) is 16.7 Å². The van der Waals surface area contributed by atoms with E-state index in [1.165, 1.54) is 15.4 Å². The van der Waals surface area contributed by atoms with Crippen molar-refractivity contribution in [1.29, 1.82) is 0 Å². The fraction of sp³-hybridized carbons (Fsp3) is 0.400. The van der Waals surface area contributed by atoms with E-state index in [2.05, 4.69) is 39.3 Å². The van der Waals surface area contributed by atoms with Gasteiger partial charge in [0.2, 0.25) is 0 Å². The molecule has 2 atom stereocenters. The van der Waals surface area contributed by atoms with Crippen molar-refractivity contribution in [2.24, 2.45) is 5.92 Å². The number of sulfonamides is 1. The summed E-state index contributed by atoms with van der Waals surface area (Å²) in [5.74, 6) is 1.19. The van der Waals surface area contributed by atoms with Gasteiger partial charge in [-0.1, -0.05) is 19.9 Å². The Balaban J connectivity index is 1.16. The second kappa shape index (κ2) is 13.5. The van der Waals surface area contributed by atoms with Gasteiger partial charge in [0.1, 0.15) is 11.9 Å². The molecule has 0 aliphatic carbocycles. The zero-order valence-electron chi connectivity index (χ0n) is 24.3. The number of hydrogen-bond donors (Lipinski definition) is 3. The van der Waals surface area contributed by atoms with E-state index in [0.717, 1.165) is 24.0 Å². The fourth-order valence-electron chi connectivity index (χ4n) is 4.91. The maximum absolute atomic E-state index is 13.2. The van der Waals surface area contributed by atoms with Crippen molar-refractivity contribution >= 4 is 15.7 Å². The molecule has 3 heterocycles. The van der Waals surface area contributed by atoms with Gasteiger partial charge in [0.15, 0.2) is 0 Å². The summed E-state index contributed by atoms with van der Waals surface area (Å²) in [4.78, 5) is 16.8. The van der Waals surface area contributed by atoms with Crippen LogP contribution in [0.2, 0.25) is 0 Å². The van der Waals surface area contributed by atoms with Crippen LogP contribution in [0.4, 0.5) is 5.69 Å². The Hall–Kier alpha value is -4.07. The van der Waals surface area contributed by atoms with E-state index in [1.807, 2.05) is 6.07 Å². The minimum atomic E-state index is -3.86. The number of hydrogen-bond acceptors (Lipinski definition) is 9. The van der Waals surface area contributed by atoms with E-state index in [1.54, 1.807) is 54.9 Å². The van der Waals surface area contributed by atoms with Crippen molar-refractivity contribution in [3.63, 3.8) is 0 Å². The fourth-order valence-corrected chi connectivity index (χ4v) is 6.02. The molecule has 0 bridgehead atoms. The van der Waals surface area contributed by atoms with Gasteiger partial charge in [-0.3, -0.25) is 9.71 Å². The predicted octanol–water partition coefficient (Wildman–Crippen LogP) is 3.08. The minimum absolute atomic E-state index is 0.0955. The third-order valence-corrected chi connectivity index (χ3v) is 8.68. The van der Waals surface area contributed by atoms with Crippen molar-refractivity contribution in [3.8, 4) is 11.4 Å². The number of rotatable bonds is 13. The van der Waals surface area contributed by atoms with Gasteiger partial charge >= 0.3 is 5.69 Å². The highest BCUT2D eigenvalue weighted by molar-refractivity contribution is 7.92. The molecule has 2 aromatic carbocycles. The molecular formula is C30H37N7O5S. The van der Waals surface area contributed by atoms with Crippen LogP contribution in [0.5, 0.6) is 5.75 Å². The monoisotopic (exact) mass is 607 g/mol. The number of anilines is 1. The lowest BCUT2D eigenvalue weighted by Gasteiger charge is -2.27. The molecule has 0 saturated heterocycles. The van der Waals surface area contributed by atoms with E-state index >= 15 is 0 Å². The molecule has 0 amide bonds. The quantitative estimate of drug-likeness (QED) is 0.208. The molecule has 0 saturated carbocycles. The lowest BCUT2D eigenvalue weighted by Crippen LogP contribution is -2.36. The van der Waals surface area contributed by atoms with Gasteiger partial charge in [-0.25, -0.2) is 13.2 Å². The van der Waals surface area contributed by atoms with Crippen LogP contribution >= 0.6 is 0 Å². The summed E-state index contributed by atoms with van der Waals surface area (Å²) in [6, 6.07) is 14.9. The lowest BCUT2D eigenvalue weighted by atomic mass is 10.0. The Labute approximate surface area is 250 Å². The lowest BCUT2D eigenvalue weighted by molar-refractivity contribution is 0.146. The zero-order valence-corrected chi connectivity index (χ0v) is 25.1. The zero-order chi connectivity index (χ0) is 30.4. The van der Waals surface area contributed by atoms with Crippen LogP contribution in [0.15, 0.2) is 76.7 Å². The average molecular weight is 608 g/mol. The van der Waals surface area contributed by atoms with Crippen molar-refractivity contribution in [2.45, 2.75) is 63.2 Å². The molecule has 1 unspecified atom stereocenters. The SMILES string of the molecule is CC(C)CCCn1nnn(-c2ccc(NS(=O)(=O)c3ccc4c(c3)CCC(CNC[C@H](O)c3cccnc3)O4)cc2)c1=O. The first kappa shape index (κ1) is 30.4. The standard InChI is InChI=1S/C30H37N7O5S/c1-21(2)5-4-16-36-30(39)37(35-34-36)25-10-8-24(9-11-25)33-43(40,41)27-13-14-29-22(17-27)7-12-26(42-29)19-32-20-28(38)23-6-3-15-31-18-23/h3,6,8-11,13-15,17-18,21,26,28,32-33,38H,4-5,7,12,16,19-20H2,1-2H3/t26?,28-/m0/s1. The third-order valence-electron chi connectivity index (χ3n) is 7.31. The summed E-state index contributed by atoms with van der Waals surface area (Å²) in [5.41, 5.74) is 2.07. The van der Waals surface area contributed by atoms with E-state index in [4.69, 9.17) is 4.74 Å². The van der Waals surface area contributed by atoms with Gasteiger partial charge in [0.25, 0.3) is 10.0 Å². The number of aliphatic hydroxyl groups excluding tert-OH is 1. The van der Waals surface area contributed by atoms with Gasteiger partial charge in [0, 0.05) is 43.3 Å². The Morgan fingerprint density at radius 2 is 1.93 bits per heavy atom. The van der Waals surface area contributed by atoms with Crippen LogP contribution in [0.3, 0.4) is 0 Å². The number of ether oxygens (including phenoxy) is 1. The van der Waals surface area contributed by atoms with Crippen LogP contribution in [0.1, 0.15) is 50.3 Å². The van der Waals surface area contributed by atoms with Gasteiger partial charge in [-0.05, 0) is 96.1 Å². The van der Waals surface area contributed by atoms with Crippen LogP contribution in [0.25, 0.3) is 5.69 Å². The third kappa shape index (κ3) is 7.66. The van der Waals surface area contributed by atoms with E-state index in [9.17, 15) is 18.3 Å². The van der Waals surface area contributed by atoms with Crippen LogP contribution in [-0.4, -0.2) is 57.5 Å². The molecule has 13 heteroatoms. The first-order valence-corrected chi connectivity index (χ1v) is 15.9. The highest BCUT2D eigenvalue weighted by Gasteiger charge is 2.23. The number of tetrazole rings is 1. The number of aliphatic hydroxyl groups is 1. The van der Waals surface area contributed by atoms with Crippen molar-refractivity contribution in [3.05, 3.63) is 88.6 Å². The Morgan fingerprint density at radius 1 is 1.12 bits per heavy atom. The minimum Gasteiger partial charge on any atom is -0.489 e. The average Bonchev–Trinajstić information content (AvgIpc) is 3.37. The number of nitrogens with one attached hydrogen (secondary N) is 2. The molecule has 1 aliphatic rings. The molecule has 4 aromatic rings. The summed E-state index contributed by atoms with van der Waals surface area (Å²) in [6.07, 6.45) is 5.75. The number of fused-ring (bicyclic) bond motifs is 1. The highest BCUT2D eigenvalue weighted by Crippen LogP contribution is 2.30. The molecule has 0 spiro atoms. The maximum Gasteiger partial charge on any atom is 0.368 e. The molecule has 0 fully saturated rings. The number of aromatic nitrogens is 5. The second-order valence-corrected chi connectivity index (χ2v) is 12.8. The summed E-state index contributed by atoms with van der Waals surface area (Å²) in [5, 5.41) is 21.5. The molecule has 3 N–H and O–H groups in total. The first-order chi connectivity index (χ1) is 20.7. The molecule has 5 rings (SSSR count). The Bertz CT molecular complexity index is 1670. The molecule has 12 nitrogen and oxygen atoms in total. The first-order valence-electron chi connectivity index (χ1n) is 14.4. The summed E-state index contributed by atoms with van der Waals surface area (Å²) >= 11 is 0. The summed E-state index contributed by atoms with van der Waals surface area (Å²) in [7, 11) is -3.86. The molecular weight excluding hydrogens is 570 g/mol. The van der Waals surface area contributed by atoms with Crippen molar-refractivity contribution in [1.82, 2.24) is 30.1 Å². The van der Waals surface area contributed by atoms with E-state index in [-0.39, 0.29) is 16.7 Å². The molecule has 1 aliphatic heterocycles. The van der Waals surface area contributed by atoms with E-state index < -0.39 is 16.1 Å². The molecule has 43 heavy (non-hydrogen) atoms. The Kier molecular flexibility index (Phi) is 9.53. The normalized spacial score (nSPS) is 15.6. The maximum atomic E-state index is 13.2. The highest BCUT2D eigenvalue weighted by atomic mass is 32.2. The number of pyridine rings is 1. The molecule has 0 radical (unpaired) electrons. The Morgan fingerprint density at radius 3 is 2.67 bits per heavy atom. The second-order valence-electron chi connectivity index (χ2n) is 11.1. The summed E-state index contributed by atoms with van der Waals surface area (Å²) < 4.78 is 37.6. The van der Waals surface area contributed by atoms with E-state index in [0.29, 0.717) is 55.5 Å². The van der Waals surface area contributed by atoms with Crippen LogP contribution in [-0.2, 0) is 23.0 Å². The van der Waals surface area contributed by atoms with Gasteiger partial charge in [-0.2, -0.15) is 9.36 Å². The predicted molar refractivity (Wildman–Crippen MR) is 162 cm³/mol. The van der Waals surface area contributed by atoms with Crippen LogP contribution < -0.4 is 20.5 Å². The van der Waals surface area contributed by atoms with Gasteiger partial charge < -0.3 is 15.2 Å². The number of nitrogens with zero attached hydrogens (tertiary/aromatic N) is 5. The molecule has 2 aromatic heterocycles. The van der Waals surface area contributed by atoms with Crippen LogP contribution in [0, 0.1) is 5.92 Å². The molecule has 228 valence electrons. The smallest absolute Gasteiger partial charge is 0.368 e.